The molecule has 0 radical (unpaired) electrons. The Labute approximate surface area is 112 Å². The Morgan fingerprint density at radius 3 is 2.63 bits per heavy atom. The van der Waals surface area contributed by atoms with Crippen LogP contribution in [0.15, 0.2) is 10.5 Å². The lowest BCUT2D eigenvalue weighted by molar-refractivity contribution is -0.124. The standard InChI is InChI=1S/C14H19NO4/c1-9-7-12(10(2)19-9)14(17)18-8-13(16)15-11-5-3-4-6-11/h7,11H,3-6,8H2,1-2H3,(H,15,16). The quantitative estimate of drug-likeness (QED) is 0.847. The van der Waals surface area contributed by atoms with Crippen molar-refractivity contribution in [3.05, 3.63) is 23.2 Å². The normalized spacial score (nSPS) is 15.5. The summed E-state index contributed by atoms with van der Waals surface area (Å²) in [6.07, 6.45) is 4.33. The minimum Gasteiger partial charge on any atom is -0.466 e. The first-order chi connectivity index (χ1) is 9.06. The molecule has 1 aromatic rings. The van der Waals surface area contributed by atoms with Crippen LogP contribution in [0.5, 0.6) is 0 Å². The molecule has 0 unspecified atom stereocenters. The van der Waals surface area contributed by atoms with Gasteiger partial charge in [0.1, 0.15) is 17.1 Å². The molecule has 2 rings (SSSR count). The second-order valence-corrected chi connectivity index (χ2v) is 4.95. The van der Waals surface area contributed by atoms with E-state index in [0.29, 0.717) is 17.1 Å². The molecule has 1 heterocycles. The molecule has 1 N–H and O–H groups in total. The lowest BCUT2D eigenvalue weighted by atomic mass is 10.2. The van der Waals surface area contributed by atoms with Crippen LogP contribution in [0.3, 0.4) is 0 Å². The third kappa shape index (κ3) is 3.59. The van der Waals surface area contributed by atoms with E-state index in [1.807, 2.05) is 0 Å². The van der Waals surface area contributed by atoms with Crippen molar-refractivity contribution in [2.45, 2.75) is 45.6 Å². The largest absolute Gasteiger partial charge is 0.466 e. The molecule has 1 aromatic heterocycles. The first kappa shape index (κ1) is 13.6. The maximum absolute atomic E-state index is 11.8. The minimum absolute atomic E-state index is 0.237. The summed E-state index contributed by atoms with van der Waals surface area (Å²) in [5.74, 6) is 0.410. The van der Waals surface area contributed by atoms with Gasteiger partial charge in [0.15, 0.2) is 6.61 Å². The predicted molar refractivity (Wildman–Crippen MR) is 68.9 cm³/mol. The van der Waals surface area contributed by atoms with Crippen molar-refractivity contribution < 1.29 is 18.7 Å². The molecule has 104 valence electrons. The van der Waals surface area contributed by atoms with E-state index in [-0.39, 0.29) is 18.6 Å². The van der Waals surface area contributed by atoms with Gasteiger partial charge >= 0.3 is 5.97 Å². The van der Waals surface area contributed by atoms with Crippen molar-refractivity contribution in [2.24, 2.45) is 0 Å². The molecule has 1 fully saturated rings. The zero-order valence-electron chi connectivity index (χ0n) is 11.3. The van der Waals surface area contributed by atoms with Gasteiger partial charge in [0.2, 0.25) is 0 Å². The van der Waals surface area contributed by atoms with Gasteiger partial charge < -0.3 is 14.5 Å². The molecule has 5 nitrogen and oxygen atoms in total. The average molecular weight is 265 g/mol. The van der Waals surface area contributed by atoms with Crippen LogP contribution >= 0.6 is 0 Å². The topological polar surface area (TPSA) is 68.5 Å². The average Bonchev–Trinajstić information content (AvgIpc) is 2.96. The molecule has 1 saturated carbocycles. The molecule has 1 aliphatic carbocycles. The fourth-order valence-electron chi connectivity index (χ4n) is 2.38. The number of nitrogens with one attached hydrogen (secondary N) is 1. The summed E-state index contributed by atoms with van der Waals surface area (Å²) in [5, 5.41) is 2.87. The van der Waals surface area contributed by atoms with Gasteiger partial charge in [-0.15, -0.1) is 0 Å². The number of aryl methyl sites for hydroxylation is 2. The van der Waals surface area contributed by atoms with Crippen LogP contribution in [0, 0.1) is 13.8 Å². The van der Waals surface area contributed by atoms with E-state index >= 15 is 0 Å². The summed E-state index contributed by atoms with van der Waals surface area (Å²) >= 11 is 0. The Balaban J connectivity index is 1.79. The van der Waals surface area contributed by atoms with E-state index < -0.39 is 5.97 Å². The van der Waals surface area contributed by atoms with Gasteiger partial charge in [-0.1, -0.05) is 12.8 Å². The molecule has 0 bridgehead atoms. The monoisotopic (exact) mass is 265 g/mol. The lowest BCUT2D eigenvalue weighted by Crippen LogP contribution is -2.35. The highest BCUT2D eigenvalue weighted by atomic mass is 16.5. The molecule has 0 spiro atoms. The Morgan fingerprint density at radius 1 is 1.37 bits per heavy atom. The van der Waals surface area contributed by atoms with Crippen molar-refractivity contribution in [2.75, 3.05) is 6.61 Å². The number of carbonyl (C=O) groups excluding carboxylic acids is 2. The van der Waals surface area contributed by atoms with Crippen molar-refractivity contribution in [3.63, 3.8) is 0 Å². The Morgan fingerprint density at radius 2 is 2.05 bits per heavy atom. The van der Waals surface area contributed by atoms with Crippen LogP contribution in [0.4, 0.5) is 0 Å². The highest BCUT2D eigenvalue weighted by molar-refractivity contribution is 5.92. The Kier molecular flexibility index (Phi) is 4.24. The third-order valence-corrected chi connectivity index (χ3v) is 3.32. The second-order valence-electron chi connectivity index (χ2n) is 4.95. The Hall–Kier alpha value is -1.78. The summed E-state index contributed by atoms with van der Waals surface area (Å²) in [4.78, 5) is 23.4. The summed E-state index contributed by atoms with van der Waals surface area (Å²) < 4.78 is 10.2. The summed E-state index contributed by atoms with van der Waals surface area (Å²) in [6.45, 7) is 3.22. The molecule has 1 aliphatic rings. The summed E-state index contributed by atoms with van der Waals surface area (Å²) in [6, 6.07) is 1.86. The van der Waals surface area contributed by atoms with Gasteiger partial charge in [-0.05, 0) is 32.8 Å². The zero-order valence-corrected chi connectivity index (χ0v) is 11.3. The van der Waals surface area contributed by atoms with E-state index in [9.17, 15) is 9.59 Å². The fourth-order valence-corrected chi connectivity index (χ4v) is 2.38. The van der Waals surface area contributed by atoms with Gasteiger partial charge in [-0.2, -0.15) is 0 Å². The smallest absolute Gasteiger partial charge is 0.342 e. The number of hydrogen-bond acceptors (Lipinski definition) is 4. The lowest BCUT2D eigenvalue weighted by Gasteiger charge is -2.11. The molecular weight excluding hydrogens is 246 g/mol. The number of ether oxygens (including phenoxy) is 1. The molecule has 0 aromatic carbocycles. The van der Waals surface area contributed by atoms with Gasteiger partial charge in [-0.3, -0.25) is 4.79 Å². The van der Waals surface area contributed by atoms with Crippen LogP contribution in [0.2, 0.25) is 0 Å². The number of carbonyl (C=O) groups is 2. The van der Waals surface area contributed by atoms with E-state index in [1.165, 1.54) is 0 Å². The number of furan rings is 1. The number of hydrogen-bond donors (Lipinski definition) is 1. The van der Waals surface area contributed by atoms with Crippen molar-refractivity contribution in [1.82, 2.24) is 5.32 Å². The molecule has 0 aliphatic heterocycles. The van der Waals surface area contributed by atoms with E-state index in [0.717, 1.165) is 25.7 Å². The van der Waals surface area contributed by atoms with Crippen LogP contribution in [-0.4, -0.2) is 24.5 Å². The summed E-state index contributed by atoms with van der Waals surface area (Å²) in [5.41, 5.74) is 0.381. The zero-order chi connectivity index (χ0) is 13.8. The van der Waals surface area contributed by atoms with Gasteiger partial charge in [0.25, 0.3) is 5.91 Å². The predicted octanol–water partition coefficient (Wildman–Crippen LogP) is 2.11. The van der Waals surface area contributed by atoms with Crippen molar-refractivity contribution in [1.29, 1.82) is 0 Å². The minimum atomic E-state index is -0.518. The maximum atomic E-state index is 11.8. The van der Waals surface area contributed by atoms with Crippen molar-refractivity contribution >= 4 is 11.9 Å². The molecule has 19 heavy (non-hydrogen) atoms. The first-order valence-electron chi connectivity index (χ1n) is 6.60. The fraction of sp³-hybridized carbons (Fsp3) is 0.571. The number of esters is 1. The van der Waals surface area contributed by atoms with E-state index in [2.05, 4.69) is 5.32 Å². The molecule has 1 amide bonds. The third-order valence-electron chi connectivity index (χ3n) is 3.32. The maximum Gasteiger partial charge on any atom is 0.342 e. The first-order valence-corrected chi connectivity index (χ1v) is 6.60. The van der Waals surface area contributed by atoms with Crippen molar-refractivity contribution in [3.8, 4) is 0 Å². The second kappa shape index (κ2) is 5.91. The molecule has 0 saturated heterocycles. The van der Waals surface area contributed by atoms with Gasteiger partial charge in [0.05, 0.1) is 0 Å². The molecule has 0 atom stereocenters. The van der Waals surface area contributed by atoms with E-state index in [1.54, 1.807) is 19.9 Å². The highest BCUT2D eigenvalue weighted by Crippen LogP contribution is 2.17. The van der Waals surface area contributed by atoms with Crippen LogP contribution in [0.1, 0.15) is 47.6 Å². The van der Waals surface area contributed by atoms with E-state index in [4.69, 9.17) is 9.15 Å². The van der Waals surface area contributed by atoms with Crippen LogP contribution in [-0.2, 0) is 9.53 Å². The number of amides is 1. The van der Waals surface area contributed by atoms with Gasteiger partial charge in [-0.25, -0.2) is 4.79 Å². The van der Waals surface area contributed by atoms with Gasteiger partial charge in [0, 0.05) is 6.04 Å². The summed E-state index contributed by atoms with van der Waals surface area (Å²) in [7, 11) is 0. The highest BCUT2D eigenvalue weighted by Gasteiger charge is 2.19. The SMILES string of the molecule is Cc1cc(C(=O)OCC(=O)NC2CCCC2)c(C)o1. The Bertz CT molecular complexity index is 472. The number of rotatable bonds is 4. The molecule has 5 heteroatoms. The van der Waals surface area contributed by atoms with Crippen LogP contribution < -0.4 is 5.32 Å². The molecular formula is C14H19NO4. The van der Waals surface area contributed by atoms with Crippen LogP contribution in [0.25, 0.3) is 0 Å².